The number of carbonyl (C=O) groups is 1. The van der Waals surface area contributed by atoms with E-state index in [4.69, 9.17) is 23.0 Å². The third kappa shape index (κ3) is 4.06. The van der Waals surface area contributed by atoms with E-state index >= 15 is 0 Å². The fourth-order valence-electron chi connectivity index (χ4n) is 3.28. The first-order valence-corrected chi connectivity index (χ1v) is 9.47. The Kier molecular flexibility index (Phi) is 5.55. The number of carbonyl (C=O) groups excluding carboxylic acids is 1. The van der Waals surface area contributed by atoms with Crippen LogP contribution in [0.25, 0.3) is 33.1 Å². The number of rotatable bonds is 6. The Morgan fingerprint density at radius 3 is 2.61 bits per heavy atom. The third-order valence-electron chi connectivity index (χ3n) is 4.52. The standard InChI is InChI=1S/C23H18O8/c1-3-28-18-6-4-5-13-9-17(23(26)31-22(13)18)16-11-20(24)30-19-10-14(7-8-15(16)19)29-21(25)12-27-2/h4-11H,3,12H2,1-2H3. The minimum Gasteiger partial charge on any atom is -0.490 e. The van der Waals surface area contributed by atoms with Gasteiger partial charge in [-0.3, -0.25) is 0 Å². The quantitative estimate of drug-likeness (QED) is 0.264. The largest absolute Gasteiger partial charge is 0.490 e. The highest BCUT2D eigenvalue weighted by Crippen LogP contribution is 2.31. The molecule has 0 aliphatic carbocycles. The highest BCUT2D eigenvalue weighted by Gasteiger charge is 2.16. The minimum absolute atomic E-state index is 0.160. The second kappa shape index (κ2) is 8.45. The highest BCUT2D eigenvalue weighted by atomic mass is 16.6. The lowest BCUT2D eigenvalue weighted by Crippen LogP contribution is -2.14. The summed E-state index contributed by atoms with van der Waals surface area (Å²) in [5.74, 6) is 0.0472. The zero-order valence-corrected chi connectivity index (χ0v) is 16.8. The van der Waals surface area contributed by atoms with Crippen molar-refractivity contribution in [1.29, 1.82) is 0 Å². The molecular formula is C23H18O8. The first kappa shape index (κ1) is 20.4. The van der Waals surface area contributed by atoms with E-state index in [1.807, 2.05) is 6.92 Å². The molecule has 4 rings (SSSR count). The molecule has 0 spiro atoms. The van der Waals surface area contributed by atoms with Crippen LogP contribution >= 0.6 is 0 Å². The summed E-state index contributed by atoms with van der Waals surface area (Å²) in [4.78, 5) is 36.6. The van der Waals surface area contributed by atoms with E-state index in [9.17, 15) is 14.4 Å². The van der Waals surface area contributed by atoms with E-state index < -0.39 is 17.2 Å². The Bertz CT molecular complexity index is 1400. The van der Waals surface area contributed by atoms with Crippen LogP contribution in [0.3, 0.4) is 0 Å². The topological polar surface area (TPSA) is 105 Å². The average molecular weight is 422 g/mol. The van der Waals surface area contributed by atoms with E-state index in [2.05, 4.69) is 0 Å². The molecule has 0 saturated heterocycles. The number of para-hydroxylation sites is 1. The molecule has 0 aliphatic rings. The minimum atomic E-state index is -0.662. The second-order valence-corrected chi connectivity index (χ2v) is 6.60. The van der Waals surface area contributed by atoms with Crippen LogP contribution in [0.5, 0.6) is 11.5 Å². The molecule has 0 fully saturated rings. The van der Waals surface area contributed by atoms with Gasteiger partial charge in [0.2, 0.25) is 0 Å². The predicted molar refractivity (Wildman–Crippen MR) is 113 cm³/mol. The Balaban J connectivity index is 1.87. The van der Waals surface area contributed by atoms with E-state index in [1.165, 1.54) is 25.3 Å². The molecule has 0 radical (unpaired) electrons. The predicted octanol–water partition coefficient (Wildman–Crippen LogP) is 3.52. The molecule has 0 atom stereocenters. The fourth-order valence-corrected chi connectivity index (χ4v) is 3.28. The number of hydrogen-bond acceptors (Lipinski definition) is 8. The summed E-state index contributed by atoms with van der Waals surface area (Å²) in [7, 11) is 1.37. The summed E-state index contributed by atoms with van der Waals surface area (Å²) in [6, 6.07) is 12.7. The van der Waals surface area contributed by atoms with Gasteiger partial charge in [-0.25, -0.2) is 14.4 Å². The van der Waals surface area contributed by atoms with Gasteiger partial charge < -0.3 is 23.0 Å². The monoisotopic (exact) mass is 422 g/mol. The number of benzene rings is 2. The van der Waals surface area contributed by atoms with Crippen LogP contribution in [-0.2, 0) is 9.53 Å². The van der Waals surface area contributed by atoms with Gasteiger partial charge in [0, 0.05) is 35.6 Å². The molecule has 0 amide bonds. The fraction of sp³-hybridized carbons (Fsp3) is 0.174. The number of esters is 1. The molecule has 8 nitrogen and oxygen atoms in total. The van der Waals surface area contributed by atoms with Crippen molar-refractivity contribution in [3.8, 4) is 22.6 Å². The zero-order chi connectivity index (χ0) is 22.0. The molecule has 31 heavy (non-hydrogen) atoms. The van der Waals surface area contributed by atoms with Gasteiger partial charge in [-0.1, -0.05) is 12.1 Å². The summed E-state index contributed by atoms with van der Waals surface area (Å²) in [6.45, 7) is 2.04. The maximum atomic E-state index is 12.8. The van der Waals surface area contributed by atoms with Crippen molar-refractivity contribution in [1.82, 2.24) is 0 Å². The van der Waals surface area contributed by atoms with Gasteiger partial charge in [0.15, 0.2) is 11.3 Å². The number of methoxy groups -OCH3 is 1. The molecule has 0 aliphatic heterocycles. The summed E-state index contributed by atoms with van der Waals surface area (Å²) in [5, 5.41) is 1.13. The van der Waals surface area contributed by atoms with Crippen LogP contribution in [0.4, 0.5) is 0 Å². The van der Waals surface area contributed by atoms with Gasteiger partial charge in [-0.05, 0) is 31.2 Å². The van der Waals surface area contributed by atoms with Crippen molar-refractivity contribution in [3.63, 3.8) is 0 Å². The summed E-state index contributed by atoms with van der Waals surface area (Å²) in [6.07, 6.45) is 0. The highest BCUT2D eigenvalue weighted by molar-refractivity contribution is 5.96. The lowest BCUT2D eigenvalue weighted by atomic mass is 10.0. The van der Waals surface area contributed by atoms with Gasteiger partial charge >= 0.3 is 17.2 Å². The van der Waals surface area contributed by atoms with Gasteiger partial charge in [-0.2, -0.15) is 0 Å². The van der Waals surface area contributed by atoms with Crippen molar-refractivity contribution in [2.24, 2.45) is 0 Å². The smallest absolute Gasteiger partial charge is 0.344 e. The van der Waals surface area contributed by atoms with Gasteiger partial charge in [0.05, 0.1) is 12.2 Å². The lowest BCUT2D eigenvalue weighted by molar-refractivity contribution is -0.138. The van der Waals surface area contributed by atoms with Gasteiger partial charge in [0.1, 0.15) is 17.9 Å². The van der Waals surface area contributed by atoms with E-state index in [1.54, 1.807) is 30.3 Å². The summed E-state index contributed by atoms with van der Waals surface area (Å²) < 4.78 is 26.2. The Morgan fingerprint density at radius 1 is 1.00 bits per heavy atom. The Labute approximate surface area is 175 Å². The van der Waals surface area contributed by atoms with Crippen molar-refractivity contribution in [2.75, 3.05) is 20.3 Å². The molecule has 0 unspecified atom stereocenters. The number of ether oxygens (including phenoxy) is 3. The molecular weight excluding hydrogens is 404 g/mol. The molecule has 2 heterocycles. The molecule has 8 heteroatoms. The molecule has 158 valence electrons. The molecule has 0 saturated carbocycles. The maximum absolute atomic E-state index is 12.8. The first-order chi connectivity index (χ1) is 15.0. The van der Waals surface area contributed by atoms with E-state index in [-0.39, 0.29) is 23.5 Å². The number of hydrogen-bond donors (Lipinski definition) is 0. The normalized spacial score (nSPS) is 11.0. The maximum Gasteiger partial charge on any atom is 0.344 e. The van der Waals surface area contributed by atoms with E-state index in [0.29, 0.717) is 34.3 Å². The zero-order valence-electron chi connectivity index (χ0n) is 16.8. The van der Waals surface area contributed by atoms with Crippen molar-refractivity contribution < 1.29 is 27.8 Å². The number of fused-ring (bicyclic) bond motifs is 2. The molecule has 4 aromatic rings. The van der Waals surface area contributed by atoms with Gasteiger partial charge in [-0.15, -0.1) is 0 Å². The molecule has 0 bridgehead atoms. The first-order valence-electron chi connectivity index (χ1n) is 9.47. The van der Waals surface area contributed by atoms with Crippen molar-refractivity contribution in [2.45, 2.75) is 6.92 Å². The summed E-state index contributed by atoms with van der Waals surface area (Å²) >= 11 is 0. The lowest BCUT2D eigenvalue weighted by Gasteiger charge is -2.09. The third-order valence-corrected chi connectivity index (χ3v) is 4.52. The van der Waals surface area contributed by atoms with Crippen LogP contribution in [0, 0.1) is 0 Å². The van der Waals surface area contributed by atoms with Crippen molar-refractivity contribution in [3.05, 3.63) is 69.4 Å². The van der Waals surface area contributed by atoms with Gasteiger partial charge in [0.25, 0.3) is 0 Å². The second-order valence-electron chi connectivity index (χ2n) is 6.60. The Morgan fingerprint density at radius 2 is 1.84 bits per heavy atom. The summed E-state index contributed by atoms with van der Waals surface area (Å²) in [5.41, 5.74) is -0.250. The molecule has 0 N–H and O–H groups in total. The van der Waals surface area contributed by atoms with Crippen LogP contribution in [0.1, 0.15) is 6.92 Å². The molecule has 2 aromatic carbocycles. The average Bonchev–Trinajstić information content (AvgIpc) is 2.73. The van der Waals surface area contributed by atoms with Crippen LogP contribution in [-0.4, -0.2) is 26.3 Å². The SMILES string of the molecule is CCOc1cccc2cc(-c3cc(=O)oc4cc(OC(=O)COC)ccc34)c(=O)oc12. The van der Waals surface area contributed by atoms with E-state index in [0.717, 1.165) is 0 Å². The van der Waals surface area contributed by atoms with Crippen molar-refractivity contribution >= 4 is 27.9 Å². The van der Waals surface area contributed by atoms with Crippen LogP contribution in [0.15, 0.2) is 67.0 Å². The van der Waals surface area contributed by atoms with Crippen LogP contribution in [0.2, 0.25) is 0 Å². The molecule has 2 aromatic heterocycles. The Hall–Kier alpha value is -3.91. The van der Waals surface area contributed by atoms with Crippen LogP contribution < -0.4 is 20.7 Å².